The summed E-state index contributed by atoms with van der Waals surface area (Å²) in [6.07, 6.45) is 18.4. The zero-order valence-electron chi connectivity index (χ0n) is 13.0. The lowest BCUT2D eigenvalue weighted by Gasteiger charge is -2.24. The van der Waals surface area contributed by atoms with E-state index in [9.17, 15) is 0 Å². The number of rotatable bonds is 10. The van der Waals surface area contributed by atoms with Crippen LogP contribution in [0.5, 0.6) is 0 Å². The first-order valence-corrected chi connectivity index (χ1v) is 8.05. The lowest BCUT2D eigenvalue weighted by atomic mass is 9.95. The molecular weight excluding hydrogens is 230 g/mol. The maximum absolute atomic E-state index is 3.86. The van der Waals surface area contributed by atoms with Crippen LogP contribution in [-0.2, 0) is 0 Å². The zero-order valence-corrected chi connectivity index (χ0v) is 13.0. The van der Waals surface area contributed by atoms with Crippen LogP contribution in [-0.4, -0.2) is 11.4 Å². The van der Waals surface area contributed by atoms with Gasteiger partial charge in [0, 0.05) is 18.9 Å². The van der Waals surface area contributed by atoms with Crippen LogP contribution in [0.25, 0.3) is 0 Å². The Morgan fingerprint density at radius 3 is 1.95 bits per heavy atom. The van der Waals surface area contributed by atoms with E-state index in [1.165, 1.54) is 57.8 Å². The highest BCUT2D eigenvalue weighted by Crippen LogP contribution is 2.26. The van der Waals surface area contributed by atoms with Crippen LogP contribution in [0.1, 0.15) is 71.6 Å². The number of unbranched alkanes of at least 4 members (excludes halogenated alkanes) is 4. The Kier molecular flexibility index (Phi) is 8.36. The summed E-state index contributed by atoms with van der Waals surface area (Å²) < 4.78 is 0. The Bertz CT molecular complexity index is 286. The smallest absolute Gasteiger partial charge is 0.0397 e. The van der Waals surface area contributed by atoms with E-state index in [0.717, 1.165) is 6.54 Å². The van der Waals surface area contributed by atoms with Crippen molar-refractivity contribution in [1.82, 2.24) is 4.90 Å². The van der Waals surface area contributed by atoms with Crippen LogP contribution >= 0.6 is 0 Å². The van der Waals surface area contributed by atoms with Crippen molar-refractivity contribution >= 4 is 0 Å². The molecule has 0 spiro atoms. The van der Waals surface area contributed by atoms with Crippen LogP contribution in [0.3, 0.4) is 0 Å². The van der Waals surface area contributed by atoms with Gasteiger partial charge in [0.25, 0.3) is 0 Å². The molecule has 1 heterocycles. The summed E-state index contributed by atoms with van der Waals surface area (Å²) in [6, 6.07) is 0. The van der Waals surface area contributed by atoms with Crippen molar-refractivity contribution in [3.05, 3.63) is 36.2 Å². The number of hydrogen-bond acceptors (Lipinski definition) is 1. The maximum Gasteiger partial charge on any atom is 0.0397 e. The van der Waals surface area contributed by atoms with Gasteiger partial charge >= 0.3 is 0 Å². The van der Waals surface area contributed by atoms with Crippen LogP contribution < -0.4 is 0 Å². The van der Waals surface area contributed by atoms with Crippen LogP contribution in [0, 0.1) is 0 Å². The van der Waals surface area contributed by atoms with E-state index in [1.54, 1.807) is 11.1 Å². The van der Waals surface area contributed by atoms with Gasteiger partial charge < -0.3 is 4.90 Å². The molecule has 108 valence electrons. The summed E-state index contributed by atoms with van der Waals surface area (Å²) in [6.45, 7) is 9.34. The van der Waals surface area contributed by atoms with Crippen molar-refractivity contribution in [2.45, 2.75) is 71.6 Å². The maximum atomic E-state index is 3.86. The van der Waals surface area contributed by atoms with Gasteiger partial charge in [-0.15, -0.1) is 6.58 Å². The van der Waals surface area contributed by atoms with E-state index in [4.69, 9.17) is 0 Å². The zero-order chi connectivity index (χ0) is 13.9. The molecule has 0 aromatic rings. The fraction of sp³-hybridized carbons (Fsp3) is 0.667. The van der Waals surface area contributed by atoms with Crippen LogP contribution in [0.15, 0.2) is 36.2 Å². The first-order valence-electron chi connectivity index (χ1n) is 8.05. The molecule has 0 aromatic heterocycles. The average molecular weight is 261 g/mol. The van der Waals surface area contributed by atoms with E-state index in [1.807, 2.05) is 6.08 Å². The van der Waals surface area contributed by atoms with Gasteiger partial charge in [0.15, 0.2) is 0 Å². The van der Waals surface area contributed by atoms with Gasteiger partial charge in [-0.25, -0.2) is 0 Å². The van der Waals surface area contributed by atoms with Crippen molar-refractivity contribution in [2.75, 3.05) is 6.54 Å². The van der Waals surface area contributed by atoms with E-state index in [0.29, 0.717) is 0 Å². The quantitative estimate of drug-likeness (QED) is 0.354. The third kappa shape index (κ3) is 6.66. The minimum absolute atomic E-state index is 0.939. The first-order chi connectivity index (χ1) is 9.30. The summed E-state index contributed by atoms with van der Waals surface area (Å²) in [5, 5.41) is 0. The third-order valence-electron chi connectivity index (χ3n) is 3.69. The monoisotopic (exact) mass is 261 g/mol. The predicted molar refractivity (Wildman–Crippen MR) is 86.0 cm³/mol. The largest absolute Gasteiger partial charge is 0.351 e. The molecule has 0 saturated carbocycles. The average Bonchev–Trinajstić information content (AvgIpc) is 2.40. The molecule has 1 aliphatic rings. The van der Waals surface area contributed by atoms with Crippen molar-refractivity contribution < 1.29 is 0 Å². The SMILES string of the molecule is C=CCN1C=C(CCCCC)CC(CCCCC)=C1. The third-order valence-corrected chi connectivity index (χ3v) is 3.69. The Morgan fingerprint density at radius 1 is 1.00 bits per heavy atom. The van der Waals surface area contributed by atoms with Crippen molar-refractivity contribution in [1.29, 1.82) is 0 Å². The fourth-order valence-electron chi connectivity index (χ4n) is 2.65. The van der Waals surface area contributed by atoms with Crippen molar-refractivity contribution in [3.63, 3.8) is 0 Å². The standard InChI is InChI=1S/C18H31N/c1-4-7-9-11-17-14-18(12-10-8-5-2)16-19(15-17)13-6-3/h6,15-16H,3-5,7-14H2,1-2H3. The van der Waals surface area contributed by atoms with Crippen molar-refractivity contribution in [2.24, 2.45) is 0 Å². The van der Waals surface area contributed by atoms with Gasteiger partial charge in [-0.05, 0) is 43.3 Å². The molecule has 0 saturated heterocycles. The highest BCUT2D eigenvalue weighted by atomic mass is 15.1. The Hall–Kier alpha value is -0.980. The number of allylic oxidation sites excluding steroid dienone is 2. The second-order valence-electron chi connectivity index (χ2n) is 5.65. The minimum atomic E-state index is 0.939. The lowest BCUT2D eigenvalue weighted by Crippen LogP contribution is -2.15. The van der Waals surface area contributed by atoms with Crippen LogP contribution in [0.2, 0.25) is 0 Å². The summed E-state index contributed by atoms with van der Waals surface area (Å²) in [4.78, 5) is 2.32. The number of nitrogens with zero attached hydrogens (tertiary/aromatic N) is 1. The molecular formula is C18H31N. The first kappa shape index (κ1) is 16.1. The molecule has 0 fully saturated rings. The fourth-order valence-corrected chi connectivity index (χ4v) is 2.65. The summed E-state index contributed by atoms with van der Waals surface area (Å²) in [5.41, 5.74) is 3.23. The van der Waals surface area contributed by atoms with E-state index >= 15 is 0 Å². The molecule has 0 amide bonds. The Labute approximate surface area is 120 Å². The molecule has 1 nitrogen and oxygen atoms in total. The van der Waals surface area contributed by atoms with Gasteiger partial charge in [0.2, 0.25) is 0 Å². The molecule has 0 N–H and O–H groups in total. The minimum Gasteiger partial charge on any atom is -0.351 e. The molecule has 0 bridgehead atoms. The Balaban J connectivity index is 2.50. The highest BCUT2D eigenvalue weighted by molar-refractivity contribution is 5.21. The predicted octanol–water partition coefficient (Wildman–Crippen LogP) is 5.81. The number of hydrogen-bond donors (Lipinski definition) is 0. The van der Waals surface area contributed by atoms with Gasteiger partial charge in [-0.1, -0.05) is 45.6 Å². The Morgan fingerprint density at radius 2 is 1.53 bits per heavy atom. The molecule has 1 heteroatoms. The van der Waals surface area contributed by atoms with E-state index in [2.05, 4.69) is 37.7 Å². The summed E-state index contributed by atoms with van der Waals surface area (Å²) in [5.74, 6) is 0. The molecule has 1 aliphatic heterocycles. The molecule has 19 heavy (non-hydrogen) atoms. The van der Waals surface area contributed by atoms with Gasteiger partial charge in [0.1, 0.15) is 0 Å². The molecule has 0 aromatic carbocycles. The van der Waals surface area contributed by atoms with E-state index < -0.39 is 0 Å². The second kappa shape index (κ2) is 9.89. The van der Waals surface area contributed by atoms with Gasteiger partial charge in [0.05, 0.1) is 0 Å². The highest BCUT2D eigenvalue weighted by Gasteiger charge is 2.11. The molecule has 0 unspecified atom stereocenters. The summed E-state index contributed by atoms with van der Waals surface area (Å²) in [7, 11) is 0. The normalized spacial score (nSPS) is 15.2. The summed E-state index contributed by atoms with van der Waals surface area (Å²) >= 11 is 0. The lowest BCUT2D eigenvalue weighted by molar-refractivity contribution is 0.522. The second-order valence-corrected chi connectivity index (χ2v) is 5.65. The molecule has 1 rings (SSSR count). The molecule has 0 radical (unpaired) electrons. The molecule has 0 atom stereocenters. The van der Waals surface area contributed by atoms with E-state index in [-0.39, 0.29) is 0 Å². The van der Waals surface area contributed by atoms with Crippen LogP contribution in [0.4, 0.5) is 0 Å². The van der Waals surface area contributed by atoms with Crippen molar-refractivity contribution in [3.8, 4) is 0 Å². The van der Waals surface area contributed by atoms with Gasteiger partial charge in [-0.2, -0.15) is 0 Å². The topological polar surface area (TPSA) is 3.24 Å². The molecule has 0 aliphatic carbocycles. The van der Waals surface area contributed by atoms with Gasteiger partial charge in [-0.3, -0.25) is 0 Å².